The number of aliphatic hydroxyl groups is 5. The fourth-order valence-corrected chi connectivity index (χ4v) is 0.975. The number of carbonyl (C=O) groups excluding carboxylic acids is 1. The number of amides is 1. The minimum Gasteiger partial charge on any atom is -0.394 e. The fourth-order valence-electron chi connectivity index (χ4n) is 0.975. The van der Waals surface area contributed by atoms with Gasteiger partial charge in [0.05, 0.1) is 19.3 Å². The molecule has 0 saturated heterocycles. The third-order valence-electron chi connectivity index (χ3n) is 2.02. The smallest absolute Gasteiger partial charge is 0.233 e. The lowest BCUT2D eigenvalue weighted by molar-refractivity contribution is -0.125. The number of hydrogen-bond acceptors (Lipinski definition) is 7. The van der Waals surface area contributed by atoms with E-state index in [-0.39, 0.29) is 13.1 Å². The van der Waals surface area contributed by atoms with Crippen molar-refractivity contribution in [3.05, 3.63) is 0 Å². The Hall–Kier alpha value is -0.770. The maximum Gasteiger partial charge on any atom is 0.233 e. The van der Waals surface area contributed by atoms with E-state index in [1.54, 1.807) is 0 Å². The van der Waals surface area contributed by atoms with Gasteiger partial charge >= 0.3 is 0 Å². The summed E-state index contributed by atoms with van der Waals surface area (Å²) in [5.41, 5.74) is 4.99. The summed E-state index contributed by atoms with van der Waals surface area (Å²) in [6.45, 7) is -1.32. The van der Waals surface area contributed by atoms with Gasteiger partial charge < -0.3 is 36.6 Å². The minimum atomic E-state index is -1.70. The number of nitrogens with one attached hydrogen (secondary N) is 1. The predicted molar refractivity (Wildman–Crippen MR) is 53.2 cm³/mol. The number of aliphatic hydroxyl groups excluding tert-OH is 5. The zero-order chi connectivity index (χ0) is 12.7. The molecular formula is C8H18N2O6. The highest BCUT2D eigenvalue weighted by atomic mass is 16.4. The molecule has 0 aromatic heterocycles. The first-order valence-corrected chi connectivity index (χ1v) is 4.73. The van der Waals surface area contributed by atoms with Crippen molar-refractivity contribution in [2.24, 2.45) is 5.73 Å². The summed E-state index contributed by atoms with van der Waals surface area (Å²) in [5, 5.41) is 47.5. The molecule has 8 N–H and O–H groups in total. The molecule has 0 aliphatic rings. The van der Waals surface area contributed by atoms with Crippen molar-refractivity contribution >= 4 is 5.91 Å². The Labute approximate surface area is 92.3 Å². The van der Waals surface area contributed by atoms with E-state index in [0.29, 0.717) is 0 Å². The average Bonchev–Trinajstić information content (AvgIpc) is 2.32. The highest BCUT2D eigenvalue weighted by molar-refractivity contribution is 5.77. The lowest BCUT2D eigenvalue weighted by atomic mass is 10.0. The van der Waals surface area contributed by atoms with E-state index in [4.69, 9.17) is 15.9 Å². The average molecular weight is 238 g/mol. The van der Waals surface area contributed by atoms with Crippen molar-refractivity contribution < 1.29 is 30.3 Å². The molecule has 0 unspecified atom stereocenters. The Bertz CT molecular complexity index is 215. The van der Waals surface area contributed by atoms with Crippen LogP contribution in [0.5, 0.6) is 0 Å². The summed E-state index contributed by atoms with van der Waals surface area (Å²) in [4.78, 5) is 10.7. The number of rotatable bonds is 7. The van der Waals surface area contributed by atoms with Gasteiger partial charge in [0.15, 0.2) is 0 Å². The number of carbonyl (C=O) groups is 1. The number of nitrogens with two attached hydrogens (primary N) is 1. The Kier molecular flexibility index (Phi) is 7.13. The number of hydrogen-bond donors (Lipinski definition) is 7. The predicted octanol–water partition coefficient (Wildman–Crippen LogP) is -4.50. The van der Waals surface area contributed by atoms with E-state index in [0.717, 1.165) is 0 Å². The Morgan fingerprint density at radius 3 is 2.06 bits per heavy atom. The Morgan fingerprint density at radius 1 is 1.12 bits per heavy atom. The molecule has 8 nitrogen and oxygen atoms in total. The molecular weight excluding hydrogens is 220 g/mol. The third kappa shape index (κ3) is 4.84. The molecule has 0 spiro atoms. The summed E-state index contributed by atoms with van der Waals surface area (Å²) >= 11 is 0. The first-order valence-electron chi connectivity index (χ1n) is 4.73. The normalized spacial score (nSPS) is 18.6. The van der Waals surface area contributed by atoms with Crippen molar-refractivity contribution in [2.75, 3.05) is 19.7 Å². The summed E-state index contributed by atoms with van der Waals surface area (Å²) in [6, 6.07) is 0. The molecule has 0 heterocycles. The van der Waals surface area contributed by atoms with Crippen molar-refractivity contribution in [3.8, 4) is 0 Å². The van der Waals surface area contributed by atoms with E-state index >= 15 is 0 Å². The van der Waals surface area contributed by atoms with E-state index in [1.807, 2.05) is 0 Å². The van der Waals surface area contributed by atoms with E-state index < -0.39 is 36.9 Å². The highest BCUT2D eigenvalue weighted by Gasteiger charge is 2.29. The first-order chi connectivity index (χ1) is 7.43. The zero-order valence-electron chi connectivity index (χ0n) is 8.65. The van der Waals surface area contributed by atoms with E-state index in [9.17, 15) is 20.1 Å². The van der Waals surface area contributed by atoms with E-state index in [1.165, 1.54) is 0 Å². The molecule has 0 aliphatic carbocycles. The molecule has 4 atom stereocenters. The van der Waals surface area contributed by atoms with Gasteiger partial charge in [-0.1, -0.05) is 0 Å². The second-order valence-electron chi connectivity index (χ2n) is 3.31. The fraction of sp³-hybridized carbons (Fsp3) is 0.875. The maximum atomic E-state index is 10.7. The van der Waals surface area contributed by atoms with Gasteiger partial charge in [0, 0.05) is 6.54 Å². The third-order valence-corrected chi connectivity index (χ3v) is 2.02. The molecule has 0 aromatic carbocycles. The molecule has 0 fully saturated rings. The van der Waals surface area contributed by atoms with Gasteiger partial charge in [-0.25, -0.2) is 0 Å². The summed E-state index contributed by atoms with van der Waals surface area (Å²) in [7, 11) is 0. The molecule has 0 aliphatic heterocycles. The topological polar surface area (TPSA) is 156 Å². The van der Waals surface area contributed by atoms with Crippen LogP contribution in [0.3, 0.4) is 0 Å². The molecule has 0 aromatic rings. The van der Waals surface area contributed by atoms with E-state index in [2.05, 4.69) is 5.32 Å². The van der Waals surface area contributed by atoms with Crippen LogP contribution in [-0.4, -0.2) is 75.6 Å². The van der Waals surface area contributed by atoms with Crippen LogP contribution in [0.2, 0.25) is 0 Å². The monoisotopic (exact) mass is 238 g/mol. The van der Waals surface area contributed by atoms with Crippen LogP contribution >= 0.6 is 0 Å². The van der Waals surface area contributed by atoms with Crippen LogP contribution in [0.25, 0.3) is 0 Å². The van der Waals surface area contributed by atoms with Crippen LogP contribution < -0.4 is 11.1 Å². The zero-order valence-corrected chi connectivity index (χ0v) is 8.65. The van der Waals surface area contributed by atoms with Gasteiger partial charge in [-0.3, -0.25) is 4.79 Å². The van der Waals surface area contributed by atoms with Crippen LogP contribution in [0.15, 0.2) is 0 Å². The summed E-state index contributed by atoms with van der Waals surface area (Å²) in [5.74, 6) is -0.525. The Morgan fingerprint density at radius 2 is 1.62 bits per heavy atom. The molecule has 0 saturated carbocycles. The SMILES string of the molecule is NCC(=O)NC[C@H](O)[C@@H](O)[C@H](O)[C@H](O)CO. The van der Waals surface area contributed by atoms with Crippen molar-refractivity contribution in [1.29, 1.82) is 0 Å². The van der Waals surface area contributed by atoms with Gasteiger partial charge in [-0.15, -0.1) is 0 Å². The minimum absolute atomic E-state index is 0.259. The summed E-state index contributed by atoms with van der Waals surface area (Å²) in [6.07, 6.45) is -6.41. The van der Waals surface area contributed by atoms with Crippen LogP contribution in [0, 0.1) is 0 Å². The molecule has 96 valence electrons. The Balaban J connectivity index is 4.06. The second kappa shape index (κ2) is 7.49. The molecule has 0 bridgehead atoms. The summed E-state index contributed by atoms with van der Waals surface area (Å²) < 4.78 is 0. The van der Waals surface area contributed by atoms with Crippen LogP contribution in [-0.2, 0) is 4.79 Å². The quantitative estimate of drug-likeness (QED) is 0.235. The standard InChI is InChI=1S/C8H18N2O6/c9-1-6(14)10-2-4(12)7(15)8(16)5(13)3-11/h4-5,7-8,11-13,15-16H,1-3,9H2,(H,10,14)/t4-,5+,7+,8+/m0/s1. The lowest BCUT2D eigenvalue weighted by Crippen LogP contribution is -2.50. The maximum absolute atomic E-state index is 10.7. The van der Waals surface area contributed by atoms with Crippen LogP contribution in [0.1, 0.15) is 0 Å². The van der Waals surface area contributed by atoms with Gasteiger partial charge in [0.2, 0.25) is 5.91 Å². The molecule has 1 amide bonds. The molecule has 0 rings (SSSR count). The van der Waals surface area contributed by atoms with Crippen molar-refractivity contribution in [1.82, 2.24) is 5.32 Å². The van der Waals surface area contributed by atoms with Crippen molar-refractivity contribution in [2.45, 2.75) is 24.4 Å². The lowest BCUT2D eigenvalue weighted by Gasteiger charge is -2.25. The van der Waals surface area contributed by atoms with Gasteiger partial charge in [-0.05, 0) is 0 Å². The van der Waals surface area contributed by atoms with Crippen LogP contribution in [0.4, 0.5) is 0 Å². The van der Waals surface area contributed by atoms with Gasteiger partial charge in [0.25, 0.3) is 0 Å². The second-order valence-corrected chi connectivity index (χ2v) is 3.31. The molecule has 8 heteroatoms. The largest absolute Gasteiger partial charge is 0.394 e. The molecule has 16 heavy (non-hydrogen) atoms. The van der Waals surface area contributed by atoms with Crippen molar-refractivity contribution in [3.63, 3.8) is 0 Å². The highest BCUT2D eigenvalue weighted by Crippen LogP contribution is 2.04. The van der Waals surface area contributed by atoms with Gasteiger partial charge in [-0.2, -0.15) is 0 Å². The van der Waals surface area contributed by atoms with Gasteiger partial charge in [0.1, 0.15) is 18.3 Å². The molecule has 0 radical (unpaired) electrons. The first kappa shape index (κ1) is 15.2.